The fourth-order valence-corrected chi connectivity index (χ4v) is 3.85. The summed E-state index contributed by atoms with van der Waals surface area (Å²) in [5.74, 6) is 1.94. The molecule has 2 aliphatic rings. The maximum Gasteiger partial charge on any atom is 0.193 e. The van der Waals surface area contributed by atoms with Gasteiger partial charge >= 0.3 is 0 Å². The summed E-state index contributed by atoms with van der Waals surface area (Å²) in [4.78, 5) is 6.91. The lowest BCUT2D eigenvalue weighted by Gasteiger charge is -2.38. The summed E-state index contributed by atoms with van der Waals surface area (Å²) in [6, 6.07) is 8.28. The van der Waals surface area contributed by atoms with Crippen LogP contribution in [0.5, 0.6) is 5.75 Å². The predicted molar refractivity (Wildman–Crippen MR) is 117 cm³/mol. The molecular formula is C20H32IN3O2. The highest BCUT2D eigenvalue weighted by Gasteiger charge is 2.43. The lowest BCUT2D eigenvalue weighted by atomic mass is 9.68. The van der Waals surface area contributed by atoms with Crippen LogP contribution in [0.1, 0.15) is 37.7 Å². The van der Waals surface area contributed by atoms with Crippen molar-refractivity contribution in [1.29, 1.82) is 0 Å². The molecular weight excluding hydrogens is 441 g/mol. The van der Waals surface area contributed by atoms with E-state index in [4.69, 9.17) is 9.47 Å². The summed E-state index contributed by atoms with van der Waals surface area (Å²) in [5, 5.41) is 3.52. The van der Waals surface area contributed by atoms with Gasteiger partial charge < -0.3 is 19.7 Å². The van der Waals surface area contributed by atoms with Crippen LogP contribution in [0.15, 0.2) is 29.3 Å². The number of guanidine groups is 1. The number of likely N-dealkylation sites (tertiary alicyclic amines) is 1. The van der Waals surface area contributed by atoms with Crippen LogP contribution < -0.4 is 10.1 Å². The number of ether oxygens (including phenoxy) is 2. The number of hydrogen-bond donors (Lipinski definition) is 1. The van der Waals surface area contributed by atoms with E-state index in [0.717, 1.165) is 44.4 Å². The lowest BCUT2D eigenvalue weighted by molar-refractivity contribution is 0.151. The maximum atomic E-state index is 5.78. The first-order valence-corrected chi connectivity index (χ1v) is 9.41. The van der Waals surface area contributed by atoms with Crippen LogP contribution in [0.25, 0.3) is 0 Å². The number of aliphatic imine (C=N–C) groups is 1. The van der Waals surface area contributed by atoms with Crippen LogP contribution in [0.4, 0.5) is 0 Å². The summed E-state index contributed by atoms with van der Waals surface area (Å²) >= 11 is 0. The molecule has 1 heterocycles. The third-order valence-electron chi connectivity index (χ3n) is 5.47. The molecule has 146 valence electrons. The topological polar surface area (TPSA) is 46.1 Å². The minimum absolute atomic E-state index is 0. The molecule has 5 nitrogen and oxygen atoms in total. The minimum atomic E-state index is 0. The van der Waals surface area contributed by atoms with Crippen LogP contribution in [-0.4, -0.2) is 51.3 Å². The van der Waals surface area contributed by atoms with Gasteiger partial charge in [0.15, 0.2) is 5.96 Å². The summed E-state index contributed by atoms with van der Waals surface area (Å²) in [6.07, 6.45) is 6.41. The normalized spacial score (nSPS) is 18.4. The molecule has 1 saturated heterocycles. The Morgan fingerprint density at radius 2 is 2.12 bits per heavy atom. The maximum absolute atomic E-state index is 5.78. The molecule has 2 fully saturated rings. The van der Waals surface area contributed by atoms with Crippen LogP contribution in [0.3, 0.4) is 0 Å². The van der Waals surface area contributed by atoms with Gasteiger partial charge in [-0.15, -0.1) is 24.0 Å². The van der Waals surface area contributed by atoms with E-state index in [2.05, 4.69) is 27.3 Å². The van der Waals surface area contributed by atoms with Crippen LogP contribution in [-0.2, 0) is 11.3 Å². The summed E-state index contributed by atoms with van der Waals surface area (Å²) in [7, 11) is 3.59. The largest absolute Gasteiger partial charge is 0.493 e. The van der Waals surface area contributed by atoms with Crippen molar-refractivity contribution in [3.63, 3.8) is 0 Å². The zero-order chi connectivity index (χ0) is 17.5. The second-order valence-corrected chi connectivity index (χ2v) is 7.27. The van der Waals surface area contributed by atoms with Gasteiger partial charge in [-0.2, -0.15) is 0 Å². The van der Waals surface area contributed by atoms with E-state index < -0.39 is 0 Å². The molecule has 26 heavy (non-hydrogen) atoms. The number of hydrogen-bond acceptors (Lipinski definition) is 3. The molecule has 1 saturated carbocycles. The number of nitrogens with zero attached hydrogens (tertiary/aromatic N) is 2. The molecule has 0 atom stereocenters. The molecule has 0 aromatic heterocycles. The first-order chi connectivity index (χ1) is 12.2. The standard InChI is InChI=1S/C20H31N3O2.HI/c1-21-19(23-11-10-20(16-23)8-4-9-20)22-15-17-6-3-7-18(14-17)25-13-5-12-24-2;/h3,6-7,14H,4-5,8-13,15-16H2,1-2H3,(H,21,22);1H. The first-order valence-electron chi connectivity index (χ1n) is 9.41. The highest BCUT2D eigenvalue weighted by molar-refractivity contribution is 14.0. The van der Waals surface area contributed by atoms with Crippen molar-refractivity contribution < 1.29 is 9.47 Å². The van der Waals surface area contributed by atoms with Crippen molar-refractivity contribution in [3.8, 4) is 5.75 Å². The first kappa shape index (κ1) is 21.3. The molecule has 0 amide bonds. The Balaban J connectivity index is 0.00000243. The Morgan fingerprint density at radius 1 is 1.27 bits per heavy atom. The highest BCUT2D eigenvalue weighted by Crippen LogP contribution is 2.47. The van der Waals surface area contributed by atoms with Crippen molar-refractivity contribution >= 4 is 29.9 Å². The average Bonchev–Trinajstić information content (AvgIpc) is 3.06. The fraction of sp³-hybridized carbons (Fsp3) is 0.650. The molecule has 1 aliphatic heterocycles. The van der Waals surface area contributed by atoms with Gasteiger partial charge in [0.05, 0.1) is 6.61 Å². The highest BCUT2D eigenvalue weighted by atomic mass is 127. The number of benzene rings is 1. The van der Waals surface area contributed by atoms with Gasteiger partial charge in [-0.25, -0.2) is 0 Å². The Labute approximate surface area is 174 Å². The van der Waals surface area contributed by atoms with Crippen LogP contribution in [0.2, 0.25) is 0 Å². The summed E-state index contributed by atoms with van der Waals surface area (Å²) < 4.78 is 10.8. The van der Waals surface area contributed by atoms with Gasteiger partial charge in [0.2, 0.25) is 0 Å². The van der Waals surface area contributed by atoms with E-state index in [-0.39, 0.29) is 24.0 Å². The second-order valence-electron chi connectivity index (χ2n) is 7.27. The van der Waals surface area contributed by atoms with Gasteiger partial charge in [0, 0.05) is 46.8 Å². The molecule has 1 spiro atoms. The summed E-state index contributed by atoms with van der Waals surface area (Å²) in [5.41, 5.74) is 1.80. The fourth-order valence-electron chi connectivity index (χ4n) is 3.85. The van der Waals surface area contributed by atoms with E-state index in [0.29, 0.717) is 12.0 Å². The molecule has 0 radical (unpaired) electrons. The van der Waals surface area contributed by atoms with Gasteiger partial charge in [-0.1, -0.05) is 18.6 Å². The van der Waals surface area contributed by atoms with E-state index in [1.54, 1.807) is 7.11 Å². The molecule has 3 rings (SSSR count). The molecule has 0 bridgehead atoms. The van der Waals surface area contributed by atoms with E-state index in [1.807, 2.05) is 19.2 Å². The predicted octanol–water partition coefficient (Wildman–Crippen LogP) is 3.67. The number of methoxy groups -OCH3 is 1. The minimum Gasteiger partial charge on any atom is -0.493 e. The second kappa shape index (κ2) is 10.3. The quantitative estimate of drug-likeness (QED) is 0.284. The third kappa shape index (κ3) is 5.49. The molecule has 6 heteroatoms. The van der Waals surface area contributed by atoms with Crippen LogP contribution >= 0.6 is 24.0 Å². The van der Waals surface area contributed by atoms with Gasteiger partial charge in [0.25, 0.3) is 0 Å². The zero-order valence-electron chi connectivity index (χ0n) is 16.0. The lowest BCUT2D eigenvalue weighted by Crippen LogP contribution is -2.42. The number of rotatable bonds is 7. The van der Waals surface area contributed by atoms with Crippen molar-refractivity contribution in [2.75, 3.05) is 40.5 Å². The monoisotopic (exact) mass is 473 g/mol. The molecule has 1 aromatic rings. The van der Waals surface area contributed by atoms with Crippen LogP contribution in [0, 0.1) is 5.41 Å². The van der Waals surface area contributed by atoms with Crippen molar-refractivity contribution in [2.45, 2.75) is 38.6 Å². The Morgan fingerprint density at radius 3 is 2.77 bits per heavy atom. The number of nitrogens with one attached hydrogen (secondary N) is 1. The van der Waals surface area contributed by atoms with E-state index in [1.165, 1.54) is 31.2 Å². The van der Waals surface area contributed by atoms with E-state index in [9.17, 15) is 0 Å². The smallest absolute Gasteiger partial charge is 0.193 e. The molecule has 1 aromatic carbocycles. The van der Waals surface area contributed by atoms with Crippen molar-refractivity contribution in [3.05, 3.63) is 29.8 Å². The van der Waals surface area contributed by atoms with Gasteiger partial charge in [-0.05, 0) is 42.4 Å². The van der Waals surface area contributed by atoms with Gasteiger partial charge in [0.1, 0.15) is 5.75 Å². The van der Waals surface area contributed by atoms with Gasteiger partial charge in [-0.3, -0.25) is 4.99 Å². The average molecular weight is 473 g/mol. The Hall–Kier alpha value is -1.02. The molecule has 1 aliphatic carbocycles. The summed E-state index contributed by atoms with van der Waals surface area (Å²) in [6.45, 7) is 4.47. The van der Waals surface area contributed by atoms with Crippen molar-refractivity contribution in [1.82, 2.24) is 10.2 Å². The Kier molecular flexibility index (Phi) is 8.47. The SMILES string of the molecule is CN=C(NCc1cccc(OCCCOC)c1)N1CCC2(CCC2)C1.I. The van der Waals surface area contributed by atoms with Crippen molar-refractivity contribution in [2.24, 2.45) is 10.4 Å². The Bertz CT molecular complexity index is 590. The molecule has 1 N–H and O–H groups in total. The molecule has 0 unspecified atom stereocenters. The third-order valence-corrected chi connectivity index (χ3v) is 5.47. The number of halogens is 1. The zero-order valence-corrected chi connectivity index (χ0v) is 18.3. The van der Waals surface area contributed by atoms with E-state index >= 15 is 0 Å².